The number of carbonyl (C=O) groups is 2. The van der Waals surface area contributed by atoms with Crippen LogP contribution in [0, 0.1) is 11.7 Å². The molecular formula is C38H42F4N6O5. The number of para-hydroxylation sites is 1. The van der Waals surface area contributed by atoms with Crippen molar-refractivity contribution in [1.29, 1.82) is 0 Å². The summed E-state index contributed by atoms with van der Waals surface area (Å²) in [6.45, 7) is -0.350. The van der Waals surface area contributed by atoms with Gasteiger partial charge in [0.1, 0.15) is 36.9 Å². The molecule has 4 aromatic rings. The number of amides is 2. The largest absolute Gasteiger partial charge is 0.490 e. The Hall–Kier alpha value is -4.83. The van der Waals surface area contributed by atoms with E-state index in [1.165, 1.54) is 12.1 Å². The molecule has 2 aliphatic rings. The third-order valence-electron chi connectivity index (χ3n) is 9.55. The van der Waals surface area contributed by atoms with E-state index < -0.39 is 54.7 Å². The highest BCUT2D eigenvalue weighted by Gasteiger charge is 2.37. The number of aromatic nitrogens is 2. The minimum Gasteiger partial charge on any atom is -0.490 e. The van der Waals surface area contributed by atoms with Gasteiger partial charge in [-0.25, -0.2) is 4.39 Å². The van der Waals surface area contributed by atoms with Gasteiger partial charge in [0.25, 0.3) is 0 Å². The minimum absolute atomic E-state index is 0.0122. The fourth-order valence-electron chi connectivity index (χ4n) is 6.91. The van der Waals surface area contributed by atoms with Crippen molar-refractivity contribution in [1.82, 2.24) is 30.0 Å². The number of piperazine rings is 1. The second kappa shape index (κ2) is 16.9. The molecule has 0 saturated carbocycles. The SMILES string of the molecule is O=C(N[C@H]1c2ccccc2OCC1O)[C@H](Cc1cccnc1)C[C@H](O)CN1CCN(Cc2ccn(-c3ccc(F)cc3)c2)C[C@H]1C(=O)NCC(F)(F)F. The van der Waals surface area contributed by atoms with Gasteiger partial charge in [0, 0.05) is 74.7 Å². The molecule has 0 aliphatic carbocycles. The molecule has 0 radical (unpaired) electrons. The topological polar surface area (TPSA) is 132 Å². The number of benzene rings is 2. The molecule has 2 aromatic carbocycles. The molecule has 2 amide bonds. The van der Waals surface area contributed by atoms with Crippen LogP contribution in [0.4, 0.5) is 17.6 Å². The highest BCUT2D eigenvalue weighted by Crippen LogP contribution is 2.32. The average Bonchev–Trinajstić information content (AvgIpc) is 3.61. The van der Waals surface area contributed by atoms with Crippen molar-refractivity contribution in [2.75, 3.05) is 39.3 Å². The van der Waals surface area contributed by atoms with Gasteiger partial charge in [-0.1, -0.05) is 24.3 Å². The van der Waals surface area contributed by atoms with Crippen LogP contribution in [0.3, 0.4) is 0 Å². The van der Waals surface area contributed by atoms with Crippen molar-refractivity contribution in [2.45, 2.75) is 49.9 Å². The average molecular weight is 739 g/mol. The maximum Gasteiger partial charge on any atom is 0.405 e. The van der Waals surface area contributed by atoms with Crippen LogP contribution >= 0.6 is 0 Å². The highest BCUT2D eigenvalue weighted by molar-refractivity contribution is 5.82. The van der Waals surface area contributed by atoms with Gasteiger partial charge in [-0.05, 0) is 66.4 Å². The Balaban J connectivity index is 1.14. The van der Waals surface area contributed by atoms with E-state index in [1.54, 1.807) is 59.8 Å². The number of fused-ring (bicyclic) bond motifs is 1. The predicted octanol–water partition coefficient (Wildman–Crippen LogP) is 3.40. The number of halogens is 4. The standard InChI is InChI=1S/C38H42F4N6O5/c39-28-7-9-29(10-8-28)47-13-11-26(20-47)19-46-14-15-48(32(22-46)37(52)44-24-38(40,41)42)21-30(49)17-27(16-25-4-3-12-43-18-25)36(51)45-35-31-5-1-2-6-34(31)53-23-33(35)50/h1-13,18,20,27,30,32-33,35,49-50H,14-17,19,21-24H2,(H,44,52)(H,45,51)/t27-,30+,32+,33?,35+/m1/s1. The van der Waals surface area contributed by atoms with E-state index in [2.05, 4.69) is 10.3 Å². The van der Waals surface area contributed by atoms with Crippen molar-refractivity contribution in [2.24, 2.45) is 5.92 Å². The number of hydrogen-bond donors (Lipinski definition) is 4. The molecule has 4 N–H and O–H groups in total. The summed E-state index contributed by atoms with van der Waals surface area (Å²) in [7, 11) is 0. The smallest absolute Gasteiger partial charge is 0.405 e. The summed E-state index contributed by atoms with van der Waals surface area (Å²) in [6.07, 6.45) is 0.356. The number of aliphatic hydroxyl groups is 2. The first-order chi connectivity index (χ1) is 25.4. The Labute approximate surface area is 304 Å². The summed E-state index contributed by atoms with van der Waals surface area (Å²) in [4.78, 5) is 34.9. The van der Waals surface area contributed by atoms with Crippen molar-refractivity contribution in [3.63, 3.8) is 0 Å². The highest BCUT2D eigenvalue weighted by atomic mass is 19.4. The second-order valence-corrected chi connectivity index (χ2v) is 13.5. The number of nitrogens with zero attached hydrogens (tertiary/aromatic N) is 4. The molecule has 0 spiro atoms. The molecule has 15 heteroatoms. The number of ether oxygens (including phenoxy) is 1. The van der Waals surface area contributed by atoms with Gasteiger partial charge < -0.3 is 30.2 Å². The molecular weight excluding hydrogens is 696 g/mol. The van der Waals surface area contributed by atoms with Crippen molar-refractivity contribution >= 4 is 11.8 Å². The lowest BCUT2D eigenvalue weighted by Gasteiger charge is -2.41. The summed E-state index contributed by atoms with van der Waals surface area (Å²) >= 11 is 0. The number of alkyl halides is 3. The quantitative estimate of drug-likeness (QED) is 0.154. The number of aliphatic hydroxyl groups excluding tert-OH is 2. The van der Waals surface area contributed by atoms with Gasteiger partial charge in [-0.3, -0.25) is 24.4 Å². The lowest BCUT2D eigenvalue weighted by molar-refractivity contribution is -0.143. The summed E-state index contributed by atoms with van der Waals surface area (Å²) in [5, 5.41) is 27.2. The van der Waals surface area contributed by atoms with E-state index in [-0.39, 0.29) is 44.9 Å². The fourth-order valence-corrected chi connectivity index (χ4v) is 6.91. The molecule has 2 aliphatic heterocycles. The monoisotopic (exact) mass is 738 g/mol. The molecule has 1 saturated heterocycles. The molecule has 2 aromatic heterocycles. The van der Waals surface area contributed by atoms with E-state index in [0.717, 1.165) is 16.8 Å². The number of nitrogens with one attached hydrogen (secondary N) is 2. The first kappa shape index (κ1) is 37.9. The zero-order valence-electron chi connectivity index (χ0n) is 28.8. The third kappa shape index (κ3) is 10.2. The molecule has 6 rings (SSSR count). The number of β-amino-alcohol motifs (C(OH)–C–C–N with tert-alkyl or cyclic N) is 1. The molecule has 0 bridgehead atoms. The maximum absolute atomic E-state index is 13.9. The molecule has 11 nitrogen and oxygen atoms in total. The summed E-state index contributed by atoms with van der Waals surface area (Å²) in [6, 6.07) is 16.7. The number of rotatable bonds is 13. The fraction of sp³-hybridized carbons (Fsp3) is 0.395. The normalized spacial score (nSPS) is 20.5. The van der Waals surface area contributed by atoms with E-state index in [0.29, 0.717) is 24.4 Å². The Morgan fingerprint density at radius 1 is 1.02 bits per heavy atom. The van der Waals surface area contributed by atoms with E-state index in [4.69, 9.17) is 4.74 Å². The Morgan fingerprint density at radius 3 is 2.57 bits per heavy atom. The Morgan fingerprint density at radius 2 is 1.81 bits per heavy atom. The van der Waals surface area contributed by atoms with E-state index >= 15 is 0 Å². The predicted molar refractivity (Wildman–Crippen MR) is 186 cm³/mol. The molecule has 282 valence electrons. The Kier molecular flexibility index (Phi) is 12.1. The summed E-state index contributed by atoms with van der Waals surface area (Å²) < 4.78 is 60.2. The van der Waals surface area contributed by atoms with Crippen LogP contribution in [0.2, 0.25) is 0 Å². The number of pyridine rings is 1. The van der Waals surface area contributed by atoms with Crippen molar-refractivity contribution in [3.05, 3.63) is 114 Å². The maximum atomic E-state index is 13.9. The van der Waals surface area contributed by atoms with E-state index in [1.807, 2.05) is 39.3 Å². The third-order valence-corrected chi connectivity index (χ3v) is 9.55. The number of carbonyl (C=O) groups excluding carboxylic acids is 2. The van der Waals surface area contributed by atoms with Crippen LogP contribution in [0.5, 0.6) is 5.75 Å². The van der Waals surface area contributed by atoms with Gasteiger partial charge in [-0.2, -0.15) is 13.2 Å². The molecule has 1 fully saturated rings. The lowest BCUT2D eigenvalue weighted by atomic mass is 9.91. The van der Waals surface area contributed by atoms with Crippen LogP contribution in [-0.2, 0) is 22.6 Å². The van der Waals surface area contributed by atoms with E-state index in [9.17, 15) is 37.4 Å². The van der Waals surface area contributed by atoms with Gasteiger partial charge >= 0.3 is 6.18 Å². The molecule has 53 heavy (non-hydrogen) atoms. The lowest BCUT2D eigenvalue weighted by Crippen LogP contribution is -2.60. The Bertz CT molecular complexity index is 1830. The van der Waals surface area contributed by atoms with Crippen LogP contribution in [0.1, 0.15) is 29.2 Å². The van der Waals surface area contributed by atoms with Gasteiger partial charge in [0.05, 0.1) is 12.1 Å². The van der Waals surface area contributed by atoms with Gasteiger partial charge in [0.2, 0.25) is 11.8 Å². The minimum atomic E-state index is -4.61. The first-order valence-corrected chi connectivity index (χ1v) is 17.4. The first-order valence-electron chi connectivity index (χ1n) is 17.4. The molecule has 4 heterocycles. The van der Waals surface area contributed by atoms with Crippen LogP contribution in [0.25, 0.3) is 5.69 Å². The second-order valence-electron chi connectivity index (χ2n) is 13.5. The molecule has 1 unspecified atom stereocenters. The van der Waals surface area contributed by atoms with Crippen molar-refractivity contribution < 1.29 is 42.1 Å². The van der Waals surface area contributed by atoms with Gasteiger partial charge in [-0.15, -0.1) is 0 Å². The van der Waals surface area contributed by atoms with Crippen LogP contribution < -0.4 is 15.4 Å². The zero-order chi connectivity index (χ0) is 37.5. The van der Waals surface area contributed by atoms with Gasteiger partial charge in [0.15, 0.2) is 0 Å². The number of hydrogen-bond acceptors (Lipinski definition) is 8. The summed E-state index contributed by atoms with van der Waals surface area (Å²) in [5.74, 6) is -1.82. The van der Waals surface area contributed by atoms with Crippen molar-refractivity contribution in [3.8, 4) is 11.4 Å². The van der Waals surface area contributed by atoms with Crippen LogP contribution in [0.15, 0.2) is 91.5 Å². The zero-order valence-corrected chi connectivity index (χ0v) is 28.8. The van der Waals surface area contributed by atoms with Crippen LogP contribution in [-0.4, -0.2) is 105 Å². The molecule has 5 atom stereocenters. The summed E-state index contributed by atoms with van der Waals surface area (Å²) in [5.41, 5.74) is 3.01.